The van der Waals surface area contributed by atoms with Gasteiger partial charge in [-0.05, 0) is 25.8 Å². The van der Waals surface area contributed by atoms with Crippen LogP contribution >= 0.6 is 0 Å². The number of aliphatic hydroxyl groups is 1. The summed E-state index contributed by atoms with van der Waals surface area (Å²) in [6, 6.07) is 9.96. The van der Waals surface area contributed by atoms with E-state index in [0.29, 0.717) is 17.7 Å². The summed E-state index contributed by atoms with van der Waals surface area (Å²) in [5.74, 6) is 0.00202. The van der Waals surface area contributed by atoms with Gasteiger partial charge < -0.3 is 9.67 Å². The fraction of sp³-hybridized carbons (Fsp3) is 0.412. The van der Waals surface area contributed by atoms with Crippen LogP contribution in [0.5, 0.6) is 0 Å². The van der Waals surface area contributed by atoms with Gasteiger partial charge in [-0.2, -0.15) is 10.5 Å². The van der Waals surface area contributed by atoms with Gasteiger partial charge in [0, 0.05) is 29.6 Å². The minimum atomic E-state index is -0.785. The van der Waals surface area contributed by atoms with Crippen molar-refractivity contribution in [3.8, 4) is 12.1 Å². The molecule has 1 heterocycles. The second kappa shape index (κ2) is 5.87. The lowest BCUT2D eigenvalue weighted by atomic mass is 9.83. The Morgan fingerprint density at radius 2 is 2.05 bits per heavy atom. The van der Waals surface area contributed by atoms with Gasteiger partial charge in [0.1, 0.15) is 19.6 Å². The van der Waals surface area contributed by atoms with Crippen LogP contribution in [-0.4, -0.2) is 24.1 Å². The number of fused-ring (bicyclic) bond motifs is 1. The monoisotopic (exact) mass is 291 g/mol. The van der Waals surface area contributed by atoms with Crippen molar-refractivity contribution in [2.75, 3.05) is 6.61 Å². The third kappa shape index (κ3) is 2.61. The van der Waals surface area contributed by atoms with E-state index < -0.39 is 5.41 Å². The van der Waals surface area contributed by atoms with Crippen LogP contribution < -0.4 is 5.46 Å². The van der Waals surface area contributed by atoms with Gasteiger partial charge in [0.15, 0.2) is 0 Å². The third-order valence-corrected chi connectivity index (χ3v) is 3.90. The Bertz CT molecular complexity index is 793. The van der Waals surface area contributed by atoms with Crippen molar-refractivity contribution in [2.24, 2.45) is 5.92 Å². The van der Waals surface area contributed by atoms with Crippen LogP contribution in [0.1, 0.15) is 32.0 Å². The van der Waals surface area contributed by atoms with Crippen molar-refractivity contribution in [3.05, 3.63) is 29.5 Å². The minimum Gasteiger partial charge on any atom is -0.396 e. The van der Waals surface area contributed by atoms with E-state index >= 15 is 0 Å². The molecule has 1 N–H and O–H groups in total. The van der Waals surface area contributed by atoms with E-state index in [4.69, 9.17) is 7.85 Å². The Hall–Kier alpha value is -2.24. The molecule has 0 aliphatic rings. The number of aromatic nitrogens is 1. The quantitative estimate of drug-likeness (QED) is 0.872. The number of nitrogens with zero attached hydrogens (tertiary/aromatic N) is 3. The molecule has 2 radical (unpaired) electrons. The first-order chi connectivity index (χ1) is 10.4. The highest BCUT2D eigenvalue weighted by molar-refractivity contribution is 6.33. The van der Waals surface area contributed by atoms with E-state index in [-0.39, 0.29) is 12.5 Å². The number of nitriles is 2. The Kier molecular flexibility index (Phi) is 4.31. The number of hydrogen-bond donors (Lipinski definition) is 1. The van der Waals surface area contributed by atoms with E-state index in [1.807, 2.05) is 23.6 Å². The topological polar surface area (TPSA) is 72.7 Å². The molecule has 0 saturated heterocycles. The second-order valence-electron chi connectivity index (χ2n) is 6.25. The molecular weight excluding hydrogens is 273 g/mol. The fourth-order valence-electron chi connectivity index (χ4n) is 2.73. The summed E-state index contributed by atoms with van der Waals surface area (Å²) < 4.78 is 1.86. The van der Waals surface area contributed by atoms with Crippen molar-refractivity contribution in [3.63, 3.8) is 0 Å². The summed E-state index contributed by atoms with van der Waals surface area (Å²) >= 11 is 0. The average Bonchev–Trinajstić information content (AvgIpc) is 2.80. The molecule has 0 aliphatic carbocycles. The standard InChI is InChI=1S/C17H18BN3O/c1-11(9-22)8-21-14-6-12(18)4-5-13(14)16(15(21)7-19)17(2,3)10-20/h4-6,11,22H,8-9H2,1-3H3. The van der Waals surface area contributed by atoms with Crippen LogP contribution in [0.15, 0.2) is 18.2 Å². The molecule has 0 aliphatic heterocycles. The molecule has 2 aromatic rings. The van der Waals surface area contributed by atoms with E-state index in [2.05, 4.69) is 12.1 Å². The maximum absolute atomic E-state index is 9.64. The maximum atomic E-state index is 9.64. The predicted octanol–water partition coefficient (Wildman–Crippen LogP) is 1.74. The first kappa shape index (κ1) is 16.1. The van der Waals surface area contributed by atoms with Crippen molar-refractivity contribution >= 4 is 24.2 Å². The lowest BCUT2D eigenvalue weighted by molar-refractivity contribution is 0.224. The number of aliphatic hydroxyl groups excluding tert-OH is 1. The number of hydrogen-bond acceptors (Lipinski definition) is 3. The minimum absolute atomic E-state index is 0.00202. The SMILES string of the molecule is [B]c1ccc2c(C(C)(C)C#N)c(C#N)n(CC(C)CO)c2c1. The molecule has 1 aromatic carbocycles. The van der Waals surface area contributed by atoms with E-state index in [1.165, 1.54) is 0 Å². The van der Waals surface area contributed by atoms with E-state index in [9.17, 15) is 15.6 Å². The Morgan fingerprint density at radius 1 is 1.36 bits per heavy atom. The molecule has 2 rings (SSSR count). The van der Waals surface area contributed by atoms with Crippen LogP contribution in [-0.2, 0) is 12.0 Å². The zero-order valence-corrected chi connectivity index (χ0v) is 13.1. The first-order valence-electron chi connectivity index (χ1n) is 7.20. The highest BCUT2D eigenvalue weighted by Gasteiger charge is 2.30. The summed E-state index contributed by atoms with van der Waals surface area (Å²) in [5.41, 5.74) is 1.83. The average molecular weight is 291 g/mol. The molecule has 0 amide bonds. The molecule has 0 spiro atoms. The van der Waals surface area contributed by atoms with Gasteiger partial charge in [0.05, 0.1) is 11.5 Å². The van der Waals surface area contributed by atoms with E-state index in [1.54, 1.807) is 19.9 Å². The van der Waals surface area contributed by atoms with Gasteiger partial charge in [-0.1, -0.05) is 24.5 Å². The molecular formula is C17H18BN3O. The summed E-state index contributed by atoms with van der Waals surface area (Å²) in [4.78, 5) is 0. The smallest absolute Gasteiger partial charge is 0.126 e. The van der Waals surface area contributed by atoms with Crippen LogP contribution in [0.25, 0.3) is 10.9 Å². The number of benzene rings is 1. The van der Waals surface area contributed by atoms with Crippen LogP contribution in [0, 0.1) is 28.6 Å². The van der Waals surface area contributed by atoms with E-state index in [0.717, 1.165) is 16.5 Å². The van der Waals surface area contributed by atoms with Gasteiger partial charge in [0.25, 0.3) is 0 Å². The van der Waals surface area contributed by atoms with Gasteiger partial charge in [0.2, 0.25) is 0 Å². The molecule has 22 heavy (non-hydrogen) atoms. The van der Waals surface area contributed by atoms with Crippen molar-refractivity contribution in [2.45, 2.75) is 32.7 Å². The molecule has 0 bridgehead atoms. The molecule has 1 atom stereocenters. The maximum Gasteiger partial charge on any atom is 0.126 e. The van der Waals surface area contributed by atoms with Crippen LogP contribution in [0.3, 0.4) is 0 Å². The normalized spacial score (nSPS) is 12.8. The highest BCUT2D eigenvalue weighted by atomic mass is 16.3. The molecule has 110 valence electrons. The summed E-state index contributed by atoms with van der Waals surface area (Å²) in [5, 5.41) is 29.3. The van der Waals surface area contributed by atoms with Crippen molar-refractivity contribution in [1.82, 2.24) is 4.57 Å². The Balaban J connectivity index is 2.86. The Morgan fingerprint density at radius 3 is 2.59 bits per heavy atom. The zero-order chi connectivity index (χ0) is 16.5. The van der Waals surface area contributed by atoms with Crippen LogP contribution in [0.2, 0.25) is 0 Å². The predicted molar refractivity (Wildman–Crippen MR) is 86.9 cm³/mol. The summed E-state index contributed by atoms with van der Waals surface area (Å²) in [7, 11) is 5.89. The molecule has 1 unspecified atom stereocenters. The lowest BCUT2D eigenvalue weighted by Crippen LogP contribution is -2.17. The third-order valence-electron chi connectivity index (χ3n) is 3.90. The molecule has 0 fully saturated rings. The largest absolute Gasteiger partial charge is 0.396 e. The first-order valence-corrected chi connectivity index (χ1v) is 7.20. The van der Waals surface area contributed by atoms with Crippen molar-refractivity contribution < 1.29 is 5.11 Å². The zero-order valence-electron chi connectivity index (χ0n) is 13.1. The molecule has 4 nitrogen and oxygen atoms in total. The Labute approximate surface area is 132 Å². The molecule has 0 saturated carbocycles. The molecule has 1 aromatic heterocycles. The summed E-state index contributed by atoms with van der Waals surface area (Å²) in [6.07, 6.45) is 0. The van der Waals surface area contributed by atoms with Crippen LogP contribution in [0.4, 0.5) is 0 Å². The van der Waals surface area contributed by atoms with Gasteiger partial charge in [-0.25, -0.2) is 0 Å². The fourth-order valence-corrected chi connectivity index (χ4v) is 2.73. The second-order valence-corrected chi connectivity index (χ2v) is 6.25. The van der Waals surface area contributed by atoms with Gasteiger partial charge >= 0.3 is 0 Å². The highest BCUT2D eigenvalue weighted by Crippen LogP contribution is 2.35. The number of rotatable bonds is 4. The van der Waals surface area contributed by atoms with Gasteiger partial charge in [-0.3, -0.25) is 0 Å². The molecule has 5 heteroatoms. The lowest BCUT2D eigenvalue weighted by Gasteiger charge is -2.16. The van der Waals surface area contributed by atoms with Gasteiger partial charge in [-0.15, -0.1) is 0 Å². The summed E-state index contributed by atoms with van der Waals surface area (Å²) in [6.45, 7) is 6.05. The van der Waals surface area contributed by atoms with Crippen molar-refractivity contribution in [1.29, 1.82) is 10.5 Å².